The molecule has 0 radical (unpaired) electrons. The molecule has 0 aliphatic carbocycles. The van der Waals surface area contributed by atoms with Crippen LogP contribution in [0.1, 0.15) is 11.1 Å². The van der Waals surface area contributed by atoms with Crippen molar-refractivity contribution in [3.63, 3.8) is 0 Å². The smallest absolute Gasteiger partial charge is 0.101 e. The van der Waals surface area contributed by atoms with Crippen molar-refractivity contribution in [3.05, 3.63) is 120 Å². The van der Waals surface area contributed by atoms with Crippen molar-refractivity contribution in [3.8, 4) is 40.2 Å². The SMILES string of the molecule is N#Cc1ccc(-c2ccccc2-c2cccc(-n3c4ccccc4c4cc(C#N)ccc43)c2)nc1. The van der Waals surface area contributed by atoms with E-state index < -0.39 is 0 Å². The molecular weight excluding hydrogens is 428 g/mol. The molecule has 0 unspecified atom stereocenters. The number of pyridine rings is 1. The van der Waals surface area contributed by atoms with E-state index in [1.54, 1.807) is 12.3 Å². The Balaban J connectivity index is 1.55. The van der Waals surface area contributed by atoms with Crippen molar-refractivity contribution >= 4 is 21.8 Å². The molecule has 0 fully saturated rings. The summed E-state index contributed by atoms with van der Waals surface area (Å²) in [5, 5.41) is 20.7. The van der Waals surface area contributed by atoms with Gasteiger partial charge in [0.1, 0.15) is 6.07 Å². The van der Waals surface area contributed by atoms with Gasteiger partial charge in [-0.15, -0.1) is 0 Å². The molecule has 6 aromatic rings. The lowest BCUT2D eigenvalue weighted by molar-refractivity contribution is 1.18. The highest BCUT2D eigenvalue weighted by molar-refractivity contribution is 6.09. The Hall–Kier alpha value is -5.19. The fourth-order valence-corrected chi connectivity index (χ4v) is 4.71. The van der Waals surface area contributed by atoms with Crippen LogP contribution >= 0.6 is 0 Å². The Labute approximate surface area is 202 Å². The number of benzene rings is 4. The molecular formula is C31H18N4. The first-order valence-electron chi connectivity index (χ1n) is 11.3. The molecule has 2 aromatic heterocycles. The number of hydrogen-bond donors (Lipinski definition) is 0. The second-order valence-electron chi connectivity index (χ2n) is 8.34. The van der Waals surface area contributed by atoms with E-state index >= 15 is 0 Å². The lowest BCUT2D eigenvalue weighted by atomic mass is 9.96. The van der Waals surface area contributed by atoms with Gasteiger partial charge in [-0.3, -0.25) is 4.98 Å². The Morgan fingerprint density at radius 2 is 1.34 bits per heavy atom. The highest BCUT2D eigenvalue weighted by atomic mass is 15.0. The van der Waals surface area contributed by atoms with Gasteiger partial charge in [0.2, 0.25) is 0 Å². The third-order valence-corrected chi connectivity index (χ3v) is 6.31. The predicted octanol–water partition coefficient (Wildman–Crippen LogP) is 7.26. The van der Waals surface area contributed by atoms with Gasteiger partial charge in [0, 0.05) is 28.2 Å². The van der Waals surface area contributed by atoms with Crippen LogP contribution in [0.25, 0.3) is 49.9 Å². The van der Waals surface area contributed by atoms with Crippen molar-refractivity contribution in [2.24, 2.45) is 0 Å². The maximum atomic E-state index is 9.43. The Kier molecular flexibility index (Phi) is 4.84. The van der Waals surface area contributed by atoms with Gasteiger partial charge in [0.15, 0.2) is 0 Å². The quantitative estimate of drug-likeness (QED) is 0.287. The first kappa shape index (κ1) is 20.4. The van der Waals surface area contributed by atoms with E-state index in [4.69, 9.17) is 5.26 Å². The van der Waals surface area contributed by atoms with Crippen molar-refractivity contribution in [2.75, 3.05) is 0 Å². The van der Waals surface area contributed by atoms with E-state index in [2.05, 4.69) is 70.2 Å². The minimum atomic E-state index is 0.541. The van der Waals surface area contributed by atoms with Crippen LogP contribution < -0.4 is 0 Å². The number of nitrogens with zero attached hydrogens (tertiary/aromatic N) is 4. The van der Waals surface area contributed by atoms with Crippen LogP contribution in [0.5, 0.6) is 0 Å². The minimum absolute atomic E-state index is 0.541. The standard InChI is InChI=1S/C31H18N4/c32-18-21-13-15-31-28(16-21)27-10-3-4-11-30(27)35(31)24-7-5-6-23(17-24)25-8-1-2-9-26(25)29-14-12-22(19-33)20-34-29/h1-17,20H. The predicted molar refractivity (Wildman–Crippen MR) is 139 cm³/mol. The summed E-state index contributed by atoms with van der Waals surface area (Å²) < 4.78 is 2.25. The monoisotopic (exact) mass is 446 g/mol. The van der Waals surface area contributed by atoms with E-state index in [1.165, 1.54) is 0 Å². The van der Waals surface area contributed by atoms with E-state index in [0.29, 0.717) is 11.1 Å². The van der Waals surface area contributed by atoms with E-state index in [-0.39, 0.29) is 0 Å². The molecule has 162 valence electrons. The van der Waals surface area contributed by atoms with Crippen LogP contribution in [-0.2, 0) is 0 Å². The van der Waals surface area contributed by atoms with Gasteiger partial charge in [-0.05, 0) is 59.7 Å². The molecule has 6 rings (SSSR count). The summed E-state index contributed by atoms with van der Waals surface area (Å²) in [5.74, 6) is 0. The van der Waals surface area contributed by atoms with Gasteiger partial charge < -0.3 is 4.57 Å². The number of para-hydroxylation sites is 1. The van der Waals surface area contributed by atoms with Crippen LogP contribution in [-0.4, -0.2) is 9.55 Å². The van der Waals surface area contributed by atoms with Gasteiger partial charge in [-0.1, -0.05) is 54.6 Å². The van der Waals surface area contributed by atoms with E-state index in [1.807, 2.05) is 48.5 Å². The van der Waals surface area contributed by atoms with Crippen molar-refractivity contribution < 1.29 is 0 Å². The molecule has 2 heterocycles. The Bertz CT molecular complexity index is 1810. The topological polar surface area (TPSA) is 65.4 Å². The van der Waals surface area contributed by atoms with Crippen molar-refractivity contribution in [1.29, 1.82) is 10.5 Å². The van der Waals surface area contributed by atoms with Gasteiger partial charge in [-0.25, -0.2) is 0 Å². The molecule has 0 aliphatic heterocycles. The highest BCUT2D eigenvalue weighted by Crippen LogP contribution is 2.36. The largest absolute Gasteiger partial charge is 0.309 e. The summed E-state index contributed by atoms with van der Waals surface area (Å²) in [6, 6.07) is 38.9. The Morgan fingerprint density at radius 1 is 0.600 bits per heavy atom. The highest BCUT2D eigenvalue weighted by Gasteiger charge is 2.14. The number of aromatic nitrogens is 2. The summed E-state index contributed by atoms with van der Waals surface area (Å²) in [6.45, 7) is 0. The summed E-state index contributed by atoms with van der Waals surface area (Å²) >= 11 is 0. The summed E-state index contributed by atoms with van der Waals surface area (Å²) in [5.41, 5.74) is 8.36. The van der Waals surface area contributed by atoms with Crippen molar-refractivity contribution in [2.45, 2.75) is 0 Å². The molecule has 0 N–H and O–H groups in total. The zero-order valence-corrected chi connectivity index (χ0v) is 18.7. The molecule has 0 saturated carbocycles. The lowest BCUT2D eigenvalue weighted by Crippen LogP contribution is -1.95. The molecule has 0 saturated heterocycles. The summed E-state index contributed by atoms with van der Waals surface area (Å²) in [4.78, 5) is 4.52. The Morgan fingerprint density at radius 3 is 2.14 bits per heavy atom. The molecule has 4 aromatic carbocycles. The second kappa shape index (κ2) is 8.30. The van der Waals surface area contributed by atoms with Gasteiger partial charge >= 0.3 is 0 Å². The number of fused-ring (bicyclic) bond motifs is 3. The van der Waals surface area contributed by atoms with Crippen LogP contribution in [0.3, 0.4) is 0 Å². The third-order valence-electron chi connectivity index (χ3n) is 6.31. The summed E-state index contributed by atoms with van der Waals surface area (Å²) in [6.07, 6.45) is 1.61. The van der Waals surface area contributed by atoms with Gasteiger partial charge in [0.05, 0.1) is 33.9 Å². The summed E-state index contributed by atoms with van der Waals surface area (Å²) in [7, 11) is 0. The molecule has 0 aliphatic rings. The first-order chi connectivity index (χ1) is 17.3. The van der Waals surface area contributed by atoms with E-state index in [0.717, 1.165) is 49.9 Å². The van der Waals surface area contributed by atoms with Gasteiger partial charge in [-0.2, -0.15) is 10.5 Å². The molecule has 4 heteroatoms. The van der Waals surface area contributed by atoms with Crippen molar-refractivity contribution in [1.82, 2.24) is 9.55 Å². The van der Waals surface area contributed by atoms with Crippen LogP contribution in [0, 0.1) is 22.7 Å². The maximum Gasteiger partial charge on any atom is 0.101 e. The van der Waals surface area contributed by atoms with Crippen LogP contribution in [0.4, 0.5) is 0 Å². The fraction of sp³-hybridized carbons (Fsp3) is 0. The minimum Gasteiger partial charge on any atom is -0.309 e. The number of hydrogen-bond acceptors (Lipinski definition) is 3. The fourth-order valence-electron chi connectivity index (χ4n) is 4.71. The maximum absolute atomic E-state index is 9.43. The van der Waals surface area contributed by atoms with Crippen LogP contribution in [0.2, 0.25) is 0 Å². The normalized spacial score (nSPS) is 10.8. The zero-order chi connectivity index (χ0) is 23.8. The molecule has 0 bridgehead atoms. The van der Waals surface area contributed by atoms with Gasteiger partial charge in [0.25, 0.3) is 0 Å². The second-order valence-corrected chi connectivity index (χ2v) is 8.34. The third kappa shape index (κ3) is 3.42. The molecule has 0 spiro atoms. The molecule has 4 nitrogen and oxygen atoms in total. The molecule has 0 amide bonds. The number of nitriles is 2. The van der Waals surface area contributed by atoms with E-state index in [9.17, 15) is 5.26 Å². The first-order valence-corrected chi connectivity index (χ1v) is 11.3. The lowest BCUT2D eigenvalue weighted by Gasteiger charge is -2.13. The average Bonchev–Trinajstić information content (AvgIpc) is 3.27. The van der Waals surface area contributed by atoms with Crippen LogP contribution in [0.15, 0.2) is 109 Å². The molecule has 0 atom stereocenters. The zero-order valence-electron chi connectivity index (χ0n) is 18.7. The molecule has 35 heavy (non-hydrogen) atoms. The average molecular weight is 447 g/mol. The number of rotatable bonds is 3.